The van der Waals surface area contributed by atoms with Crippen molar-refractivity contribution in [1.82, 2.24) is 9.96 Å². The number of hydrogen-bond donors (Lipinski definition) is 0. The molecular weight excluding hydrogens is 276 g/mol. The number of fused-ring (bicyclic) bond motifs is 2. The van der Waals surface area contributed by atoms with Gasteiger partial charge in [-0.3, -0.25) is 9.05 Å². The number of rotatable bonds is 4. The van der Waals surface area contributed by atoms with Gasteiger partial charge in [0, 0.05) is 23.6 Å². The van der Waals surface area contributed by atoms with Gasteiger partial charge in [0.2, 0.25) is 0 Å². The molecule has 0 spiro atoms. The first-order chi connectivity index (χ1) is 9.66. The van der Waals surface area contributed by atoms with Crippen molar-refractivity contribution >= 4 is 16.8 Å². The third kappa shape index (κ3) is 2.45. The molecule has 3 atom stereocenters. The lowest BCUT2D eigenvalue weighted by Gasteiger charge is -2.28. The van der Waals surface area contributed by atoms with Gasteiger partial charge in [0.05, 0.1) is 6.04 Å². The summed E-state index contributed by atoms with van der Waals surface area (Å²) in [5.74, 6) is 0. The molecule has 1 aromatic rings. The van der Waals surface area contributed by atoms with E-state index in [9.17, 15) is 9.00 Å². The van der Waals surface area contributed by atoms with Crippen LogP contribution < -0.4 is 0 Å². The lowest BCUT2D eigenvalue weighted by molar-refractivity contribution is -0.140. The van der Waals surface area contributed by atoms with Gasteiger partial charge >= 0.3 is 6.03 Å². The van der Waals surface area contributed by atoms with Crippen molar-refractivity contribution in [2.45, 2.75) is 30.9 Å². The van der Waals surface area contributed by atoms with Crippen molar-refractivity contribution in [1.29, 1.82) is 0 Å². The maximum atomic E-state index is 12.3. The van der Waals surface area contributed by atoms with E-state index >= 15 is 0 Å². The van der Waals surface area contributed by atoms with Crippen LogP contribution in [0.5, 0.6) is 0 Å². The smallest absolute Gasteiger partial charge is 0.306 e. The highest BCUT2D eigenvalue weighted by Gasteiger charge is 2.46. The third-order valence-electron chi connectivity index (χ3n) is 3.86. The predicted octanol–water partition coefficient (Wildman–Crippen LogP) is 1.72. The highest BCUT2D eigenvalue weighted by Crippen LogP contribution is 2.31. The quantitative estimate of drug-likeness (QED) is 0.849. The van der Waals surface area contributed by atoms with Crippen molar-refractivity contribution in [3.05, 3.63) is 35.9 Å². The molecule has 1 aromatic carbocycles. The molecule has 0 radical (unpaired) electrons. The van der Waals surface area contributed by atoms with Gasteiger partial charge in [-0.2, -0.15) is 5.06 Å². The fraction of sp³-hybridized carbons (Fsp3) is 0.500. The lowest BCUT2D eigenvalue weighted by atomic mass is 10.1. The summed E-state index contributed by atoms with van der Waals surface area (Å²) in [5, 5.41) is 1.31. The Balaban J connectivity index is 1.67. The van der Waals surface area contributed by atoms with Crippen molar-refractivity contribution in [2.75, 3.05) is 12.8 Å². The summed E-state index contributed by atoms with van der Waals surface area (Å²) in [4.78, 5) is 19.7. The van der Waals surface area contributed by atoms with Crippen LogP contribution in [0.3, 0.4) is 0 Å². The maximum absolute atomic E-state index is 12.3. The van der Waals surface area contributed by atoms with E-state index < -0.39 is 10.8 Å². The normalized spacial score (nSPS) is 26.9. The minimum absolute atomic E-state index is 0.0889. The van der Waals surface area contributed by atoms with Gasteiger partial charge in [-0.25, -0.2) is 4.79 Å². The lowest BCUT2D eigenvalue weighted by Crippen LogP contribution is -2.42. The molecule has 2 fully saturated rings. The number of benzene rings is 1. The Bertz CT molecular complexity index is 522. The summed E-state index contributed by atoms with van der Waals surface area (Å²) in [7, 11) is -1.01. The first-order valence-electron chi connectivity index (χ1n) is 6.75. The first-order valence-corrected chi connectivity index (χ1v) is 8.38. The predicted molar refractivity (Wildman–Crippen MR) is 76.0 cm³/mol. The number of hydroxylamine groups is 2. The number of carbonyl (C=O) groups excluding carboxylic acids is 1. The summed E-state index contributed by atoms with van der Waals surface area (Å²) >= 11 is 0. The number of amides is 2. The molecule has 5 nitrogen and oxygen atoms in total. The molecule has 2 amide bonds. The van der Waals surface area contributed by atoms with E-state index in [0.29, 0.717) is 13.2 Å². The van der Waals surface area contributed by atoms with Crippen LogP contribution in [-0.4, -0.2) is 44.4 Å². The number of nitrogens with zero attached hydrogens (tertiary/aromatic N) is 2. The maximum Gasteiger partial charge on any atom is 0.345 e. The van der Waals surface area contributed by atoms with Gasteiger partial charge in [-0.15, -0.1) is 0 Å². The minimum Gasteiger partial charge on any atom is -0.306 e. The SMILES string of the molecule is C[S@@](=O)[C@@H]1CC[C@@H]2CN1C(=O)N2OCc1ccccc1. The second-order valence-electron chi connectivity index (χ2n) is 5.20. The van der Waals surface area contributed by atoms with E-state index in [1.165, 1.54) is 5.06 Å². The fourth-order valence-corrected chi connectivity index (χ4v) is 3.83. The Morgan fingerprint density at radius 3 is 2.75 bits per heavy atom. The Morgan fingerprint density at radius 1 is 1.30 bits per heavy atom. The minimum atomic E-state index is -1.01. The van der Waals surface area contributed by atoms with Crippen molar-refractivity contribution < 1.29 is 13.8 Å². The second kappa shape index (κ2) is 5.54. The van der Waals surface area contributed by atoms with Gasteiger partial charge in [-0.05, 0) is 18.4 Å². The number of piperidine rings is 1. The molecule has 6 heteroatoms. The van der Waals surface area contributed by atoms with Crippen molar-refractivity contribution in [3.63, 3.8) is 0 Å². The Labute approximate surface area is 120 Å². The summed E-state index contributed by atoms with van der Waals surface area (Å²) in [6, 6.07) is 9.72. The van der Waals surface area contributed by atoms with Crippen LogP contribution in [-0.2, 0) is 22.2 Å². The van der Waals surface area contributed by atoms with E-state index in [-0.39, 0.29) is 17.4 Å². The summed E-state index contributed by atoms with van der Waals surface area (Å²) in [5.41, 5.74) is 1.03. The molecule has 2 heterocycles. The highest BCUT2D eigenvalue weighted by molar-refractivity contribution is 7.84. The highest BCUT2D eigenvalue weighted by atomic mass is 32.2. The summed E-state index contributed by atoms with van der Waals surface area (Å²) in [6.07, 6.45) is 3.29. The summed E-state index contributed by atoms with van der Waals surface area (Å²) < 4.78 is 11.7. The molecule has 0 N–H and O–H groups in total. The Morgan fingerprint density at radius 2 is 2.05 bits per heavy atom. The van der Waals surface area contributed by atoms with Crippen LogP contribution in [0.4, 0.5) is 4.79 Å². The molecule has 0 aliphatic carbocycles. The number of hydrogen-bond acceptors (Lipinski definition) is 3. The molecule has 2 aliphatic rings. The average molecular weight is 294 g/mol. The Kier molecular flexibility index (Phi) is 3.76. The molecule has 0 saturated carbocycles. The van der Waals surface area contributed by atoms with Gasteiger partial charge in [-0.1, -0.05) is 30.3 Å². The van der Waals surface area contributed by atoms with Crippen LogP contribution in [0, 0.1) is 0 Å². The molecule has 2 aliphatic heterocycles. The zero-order valence-corrected chi connectivity index (χ0v) is 12.2. The number of urea groups is 1. The van der Waals surface area contributed by atoms with E-state index in [1.54, 1.807) is 11.2 Å². The molecular formula is C14H18N2O3S. The number of carbonyl (C=O) groups is 1. The van der Waals surface area contributed by atoms with Gasteiger partial charge in [0.15, 0.2) is 0 Å². The van der Waals surface area contributed by atoms with E-state index in [0.717, 1.165) is 18.4 Å². The molecule has 20 heavy (non-hydrogen) atoms. The molecule has 108 valence electrons. The van der Waals surface area contributed by atoms with Gasteiger partial charge < -0.3 is 4.90 Å². The topological polar surface area (TPSA) is 49.9 Å². The van der Waals surface area contributed by atoms with Crippen LogP contribution in [0.1, 0.15) is 18.4 Å². The summed E-state index contributed by atoms with van der Waals surface area (Å²) in [6.45, 7) is 1.01. The molecule has 2 bridgehead atoms. The Hall–Kier alpha value is -1.40. The van der Waals surface area contributed by atoms with Crippen LogP contribution >= 0.6 is 0 Å². The molecule has 3 rings (SSSR count). The van der Waals surface area contributed by atoms with Crippen molar-refractivity contribution in [3.8, 4) is 0 Å². The van der Waals surface area contributed by atoms with E-state index in [4.69, 9.17) is 4.84 Å². The third-order valence-corrected chi connectivity index (χ3v) is 5.12. The molecule has 0 unspecified atom stereocenters. The first kappa shape index (κ1) is 13.6. The molecule has 0 aromatic heterocycles. The monoisotopic (exact) mass is 294 g/mol. The van der Waals surface area contributed by atoms with Crippen LogP contribution in [0.2, 0.25) is 0 Å². The van der Waals surface area contributed by atoms with E-state index in [1.807, 2.05) is 30.3 Å². The van der Waals surface area contributed by atoms with E-state index in [2.05, 4.69) is 0 Å². The van der Waals surface area contributed by atoms with Crippen LogP contribution in [0.25, 0.3) is 0 Å². The standard InChI is InChI=1S/C14H18N2O3S/c1-20(18)13-8-7-12-9-15(13)14(17)16(12)19-10-11-5-3-2-4-6-11/h2-6,12-13H,7-10H2,1H3/t12-,13-,20-/m1/s1. The van der Waals surface area contributed by atoms with Crippen molar-refractivity contribution in [2.24, 2.45) is 0 Å². The zero-order chi connectivity index (χ0) is 14.1. The fourth-order valence-electron chi connectivity index (χ4n) is 2.83. The largest absolute Gasteiger partial charge is 0.345 e. The van der Waals surface area contributed by atoms with Crippen LogP contribution in [0.15, 0.2) is 30.3 Å². The van der Waals surface area contributed by atoms with Gasteiger partial charge in [0.1, 0.15) is 12.0 Å². The molecule has 2 saturated heterocycles. The average Bonchev–Trinajstić information content (AvgIpc) is 2.70. The van der Waals surface area contributed by atoms with Gasteiger partial charge in [0.25, 0.3) is 0 Å². The second-order valence-corrected chi connectivity index (χ2v) is 6.75. The zero-order valence-electron chi connectivity index (χ0n) is 11.4.